The Balaban J connectivity index is 1.66. The van der Waals surface area contributed by atoms with Crippen LogP contribution in [0, 0.1) is 0 Å². The molecule has 0 aromatic heterocycles. The van der Waals surface area contributed by atoms with Gasteiger partial charge in [0.1, 0.15) is 24.4 Å². The van der Waals surface area contributed by atoms with Crippen LogP contribution in [0.5, 0.6) is 5.75 Å². The van der Waals surface area contributed by atoms with E-state index in [4.69, 9.17) is 4.74 Å². The topological polar surface area (TPSA) is 106 Å². The Labute approximate surface area is 177 Å². The minimum atomic E-state index is -1.06. The summed E-state index contributed by atoms with van der Waals surface area (Å²) in [4.78, 5) is 56.8. The molecule has 1 fully saturated rings. The Morgan fingerprint density at radius 3 is 2.13 bits per heavy atom. The second-order valence-electron chi connectivity index (χ2n) is 6.93. The Bertz CT molecular complexity index is 1060. The molecule has 2 aromatic rings. The lowest BCUT2D eigenvalue weighted by atomic mass is 9.93. The van der Waals surface area contributed by atoms with E-state index in [2.05, 4.69) is 9.73 Å². The lowest BCUT2D eigenvalue weighted by molar-refractivity contribution is -0.138. The number of hydrogen-bond donors (Lipinski definition) is 0. The van der Waals surface area contributed by atoms with E-state index in [1.54, 1.807) is 48.5 Å². The van der Waals surface area contributed by atoms with E-state index in [1.165, 1.54) is 25.3 Å². The molecule has 2 heterocycles. The van der Waals surface area contributed by atoms with Crippen molar-refractivity contribution in [1.29, 1.82) is 0 Å². The average Bonchev–Trinajstić information content (AvgIpc) is 3.04. The number of nitrogens with zero attached hydrogens (tertiary/aromatic N) is 3. The number of hydrogen-bond acceptors (Lipinski definition) is 7. The number of amides is 3. The first-order valence-electron chi connectivity index (χ1n) is 9.48. The summed E-state index contributed by atoms with van der Waals surface area (Å²) in [6.07, 6.45) is 1.40. The van der Waals surface area contributed by atoms with Gasteiger partial charge in [0.05, 0.1) is 25.3 Å². The van der Waals surface area contributed by atoms with Crippen molar-refractivity contribution in [2.75, 3.05) is 25.7 Å². The summed E-state index contributed by atoms with van der Waals surface area (Å²) < 4.78 is 9.72. The molecule has 0 bridgehead atoms. The highest BCUT2D eigenvalue weighted by Crippen LogP contribution is 2.35. The summed E-state index contributed by atoms with van der Waals surface area (Å²) >= 11 is 0. The van der Waals surface area contributed by atoms with Crippen LogP contribution in [0.2, 0.25) is 0 Å². The number of esters is 1. The zero-order valence-electron chi connectivity index (χ0n) is 16.8. The monoisotopic (exact) mass is 421 g/mol. The van der Waals surface area contributed by atoms with Gasteiger partial charge in [-0.2, -0.15) is 0 Å². The molecular weight excluding hydrogens is 402 g/mol. The number of anilines is 1. The molecule has 9 heteroatoms. The molecule has 0 spiro atoms. The highest BCUT2D eigenvalue weighted by Gasteiger charge is 2.56. The van der Waals surface area contributed by atoms with Crippen LogP contribution in [0.15, 0.2) is 53.5 Å². The fourth-order valence-corrected chi connectivity index (χ4v) is 3.71. The number of carbonyl (C=O) groups is 4. The number of β-lactam (4-membered cyclic amide) rings is 1. The van der Waals surface area contributed by atoms with Crippen molar-refractivity contribution in [1.82, 2.24) is 4.90 Å². The molecule has 2 atom stereocenters. The molecule has 0 N–H and O–H groups in total. The van der Waals surface area contributed by atoms with Gasteiger partial charge < -0.3 is 9.47 Å². The normalized spacial score (nSPS) is 20.1. The first-order valence-corrected chi connectivity index (χ1v) is 9.48. The fourth-order valence-electron chi connectivity index (χ4n) is 3.71. The summed E-state index contributed by atoms with van der Waals surface area (Å²) in [5.41, 5.74) is 1.06. The van der Waals surface area contributed by atoms with E-state index < -0.39 is 35.8 Å². The Morgan fingerprint density at radius 1 is 0.968 bits per heavy atom. The third-order valence-corrected chi connectivity index (χ3v) is 5.27. The number of aliphatic imine (C=N–C) groups is 1. The van der Waals surface area contributed by atoms with Crippen LogP contribution in [0.3, 0.4) is 0 Å². The number of imide groups is 1. The van der Waals surface area contributed by atoms with Crippen molar-refractivity contribution in [3.05, 3.63) is 59.7 Å². The molecule has 2 unspecified atom stereocenters. The van der Waals surface area contributed by atoms with Gasteiger partial charge in [0.25, 0.3) is 17.7 Å². The van der Waals surface area contributed by atoms with Gasteiger partial charge in [-0.3, -0.25) is 34.0 Å². The van der Waals surface area contributed by atoms with Crippen LogP contribution in [0.25, 0.3) is 0 Å². The van der Waals surface area contributed by atoms with Crippen molar-refractivity contribution in [2.24, 2.45) is 4.99 Å². The van der Waals surface area contributed by atoms with E-state index in [1.807, 2.05) is 0 Å². The molecule has 0 radical (unpaired) electrons. The summed E-state index contributed by atoms with van der Waals surface area (Å²) in [5, 5.41) is 0. The lowest BCUT2D eigenvalue weighted by Crippen LogP contribution is -2.72. The van der Waals surface area contributed by atoms with Crippen LogP contribution < -0.4 is 9.64 Å². The molecule has 2 aliphatic rings. The van der Waals surface area contributed by atoms with Crippen molar-refractivity contribution in [3.63, 3.8) is 0 Å². The highest BCUT2D eigenvalue weighted by molar-refractivity contribution is 6.25. The minimum absolute atomic E-state index is 0.244. The molecule has 2 aromatic carbocycles. The molecule has 2 aliphatic heterocycles. The standard InChI is InChI=1S/C22H19N3O6/c1-30-14-9-7-13(8-10-14)24-17(11-23-12-18(26)31-2)19(22(24)29)25-20(27)15-5-3-4-6-16(15)21(25)28/h3-11,17,19H,12H2,1-2H3. The molecule has 4 rings (SSSR count). The van der Waals surface area contributed by atoms with E-state index >= 15 is 0 Å². The summed E-state index contributed by atoms with van der Waals surface area (Å²) in [6.45, 7) is -0.244. The molecule has 9 nitrogen and oxygen atoms in total. The summed E-state index contributed by atoms with van der Waals surface area (Å²) in [6, 6.07) is 11.4. The highest BCUT2D eigenvalue weighted by atomic mass is 16.5. The molecule has 3 amide bonds. The van der Waals surface area contributed by atoms with Crippen molar-refractivity contribution in [3.8, 4) is 5.75 Å². The summed E-state index contributed by atoms with van der Waals surface area (Å²) in [5.74, 6) is -1.41. The number of ether oxygens (including phenoxy) is 2. The predicted molar refractivity (Wildman–Crippen MR) is 110 cm³/mol. The number of benzene rings is 2. The Kier molecular flexibility index (Phi) is 5.24. The van der Waals surface area contributed by atoms with Crippen LogP contribution in [-0.2, 0) is 14.3 Å². The maximum Gasteiger partial charge on any atom is 0.327 e. The Morgan fingerprint density at radius 2 is 1.58 bits per heavy atom. The van der Waals surface area contributed by atoms with Crippen LogP contribution in [0.4, 0.5) is 5.69 Å². The molecular formula is C22H19N3O6. The minimum Gasteiger partial charge on any atom is -0.497 e. The molecule has 31 heavy (non-hydrogen) atoms. The van der Waals surface area contributed by atoms with E-state index in [0.717, 1.165) is 4.90 Å². The van der Waals surface area contributed by atoms with Crippen molar-refractivity contribution in [2.45, 2.75) is 12.1 Å². The van der Waals surface area contributed by atoms with Gasteiger partial charge in [-0.15, -0.1) is 0 Å². The Hall–Kier alpha value is -4.01. The largest absolute Gasteiger partial charge is 0.497 e. The first kappa shape index (κ1) is 20.3. The lowest BCUT2D eigenvalue weighted by Gasteiger charge is -2.47. The molecule has 0 saturated carbocycles. The smallest absolute Gasteiger partial charge is 0.327 e. The van der Waals surface area contributed by atoms with Gasteiger partial charge in [0, 0.05) is 11.9 Å². The van der Waals surface area contributed by atoms with Crippen LogP contribution >= 0.6 is 0 Å². The van der Waals surface area contributed by atoms with E-state index in [-0.39, 0.29) is 17.7 Å². The quantitative estimate of drug-likeness (QED) is 0.301. The van der Waals surface area contributed by atoms with Crippen molar-refractivity contribution >= 4 is 35.6 Å². The third kappa shape index (κ3) is 3.33. The zero-order chi connectivity index (χ0) is 22.1. The third-order valence-electron chi connectivity index (χ3n) is 5.27. The first-order chi connectivity index (χ1) is 15.0. The van der Waals surface area contributed by atoms with Gasteiger partial charge in [-0.1, -0.05) is 12.1 Å². The number of carbonyl (C=O) groups excluding carboxylic acids is 4. The van der Waals surface area contributed by atoms with E-state index in [9.17, 15) is 19.2 Å². The van der Waals surface area contributed by atoms with Gasteiger partial charge in [-0.25, -0.2) is 0 Å². The van der Waals surface area contributed by atoms with Gasteiger partial charge in [0.2, 0.25) is 0 Å². The van der Waals surface area contributed by atoms with Gasteiger partial charge >= 0.3 is 5.97 Å². The van der Waals surface area contributed by atoms with Gasteiger partial charge in [-0.05, 0) is 36.4 Å². The number of fused-ring (bicyclic) bond motifs is 1. The second kappa shape index (κ2) is 8.02. The SMILES string of the molecule is COC(=O)CN=CC1C(N2C(=O)c3ccccc3C2=O)C(=O)N1c1ccc(OC)cc1. The molecule has 1 saturated heterocycles. The van der Waals surface area contributed by atoms with Crippen LogP contribution in [-0.4, -0.2) is 67.7 Å². The summed E-state index contributed by atoms with van der Waals surface area (Å²) in [7, 11) is 2.78. The van der Waals surface area contributed by atoms with Crippen molar-refractivity contribution < 1.29 is 28.7 Å². The number of rotatable bonds is 6. The maximum absolute atomic E-state index is 13.1. The van der Waals surface area contributed by atoms with Gasteiger partial charge in [0.15, 0.2) is 0 Å². The molecule has 158 valence electrons. The number of methoxy groups -OCH3 is 2. The predicted octanol–water partition coefficient (Wildman–Crippen LogP) is 1.32. The average molecular weight is 421 g/mol. The second-order valence-corrected chi connectivity index (χ2v) is 6.93. The fraction of sp³-hybridized carbons (Fsp3) is 0.227. The zero-order valence-corrected chi connectivity index (χ0v) is 16.8. The maximum atomic E-state index is 13.1. The van der Waals surface area contributed by atoms with E-state index in [0.29, 0.717) is 11.4 Å². The molecule has 0 aliphatic carbocycles. The van der Waals surface area contributed by atoms with Crippen LogP contribution in [0.1, 0.15) is 20.7 Å².